The summed E-state index contributed by atoms with van der Waals surface area (Å²) < 4.78 is 1.01. The van der Waals surface area contributed by atoms with Gasteiger partial charge in [-0.15, -0.1) is 0 Å². The van der Waals surface area contributed by atoms with Crippen molar-refractivity contribution in [1.82, 2.24) is 4.90 Å². The predicted molar refractivity (Wildman–Crippen MR) is 82.5 cm³/mol. The minimum atomic E-state index is -0.404. The van der Waals surface area contributed by atoms with Crippen LogP contribution in [0, 0.1) is 0 Å². The third-order valence-corrected chi connectivity index (χ3v) is 5.25. The van der Waals surface area contributed by atoms with Crippen LogP contribution in [-0.4, -0.2) is 39.8 Å². The third-order valence-electron chi connectivity index (χ3n) is 4.75. The second kappa shape index (κ2) is 6.14. The highest BCUT2D eigenvalue weighted by atomic mass is 79.9. The number of rotatable bonds is 4. The zero-order chi connectivity index (χ0) is 14.1. The molecule has 20 heavy (non-hydrogen) atoms. The molecule has 3 rings (SSSR count). The Balaban J connectivity index is 1.57. The van der Waals surface area contributed by atoms with Crippen LogP contribution < -0.4 is 0 Å². The largest absolute Gasteiger partial charge is 0.393 e. The fourth-order valence-electron chi connectivity index (χ4n) is 3.76. The van der Waals surface area contributed by atoms with Crippen molar-refractivity contribution in [3.05, 3.63) is 34.3 Å². The maximum absolute atomic E-state index is 10.3. The monoisotopic (exact) mass is 339 g/mol. The second-order valence-corrected chi connectivity index (χ2v) is 7.02. The highest BCUT2D eigenvalue weighted by molar-refractivity contribution is 9.10. The van der Waals surface area contributed by atoms with Crippen LogP contribution in [0.5, 0.6) is 0 Å². The lowest BCUT2D eigenvalue weighted by Crippen LogP contribution is -2.45. The summed E-state index contributed by atoms with van der Waals surface area (Å²) in [5, 5.41) is 20.1. The van der Waals surface area contributed by atoms with Crippen LogP contribution in [0.25, 0.3) is 0 Å². The normalized spacial score (nSPS) is 31.4. The van der Waals surface area contributed by atoms with E-state index < -0.39 is 6.10 Å². The summed E-state index contributed by atoms with van der Waals surface area (Å²) in [5.74, 6) is 0. The van der Waals surface area contributed by atoms with Gasteiger partial charge in [-0.05, 0) is 49.8 Å². The molecule has 0 aromatic heterocycles. The fourth-order valence-corrected chi connectivity index (χ4v) is 4.18. The minimum absolute atomic E-state index is 0.112. The van der Waals surface area contributed by atoms with Gasteiger partial charge in [-0.1, -0.05) is 28.1 Å². The van der Waals surface area contributed by atoms with Crippen molar-refractivity contribution >= 4 is 15.9 Å². The maximum atomic E-state index is 10.3. The summed E-state index contributed by atoms with van der Waals surface area (Å²) in [6.45, 7) is 0.926. The van der Waals surface area contributed by atoms with Gasteiger partial charge in [-0.25, -0.2) is 0 Å². The van der Waals surface area contributed by atoms with Crippen LogP contribution >= 0.6 is 15.9 Å². The summed E-state index contributed by atoms with van der Waals surface area (Å²) in [6.07, 6.45) is 4.47. The number of hydrogen-bond donors (Lipinski definition) is 2. The van der Waals surface area contributed by atoms with Crippen molar-refractivity contribution in [1.29, 1.82) is 0 Å². The summed E-state index contributed by atoms with van der Waals surface area (Å²) in [5.41, 5.74) is 0.976. The van der Waals surface area contributed by atoms with Gasteiger partial charge < -0.3 is 10.2 Å². The molecular weight excluding hydrogens is 318 g/mol. The molecule has 0 radical (unpaired) electrons. The molecule has 2 bridgehead atoms. The van der Waals surface area contributed by atoms with Crippen molar-refractivity contribution in [3.8, 4) is 0 Å². The second-order valence-electron chi connectivity index (χ2n) is 6.11. The predicted octanol–water partition coefficient (Wildman–Crippen LogP) is 2.86. The number of hydrogen-bond acceptors (Lipinski definition) is 3. The highest BCUT2D eigenvalue weighted by Crippen LogP contribution is 2.36. The van der Waals surface area contributed by atoms with Crippen molar-refractivity contribution < 1.29 is 10.2 Å². The van der Waals surface area contributed by atoms with E-state index in [9.17, 15) is 10.2 Å². The number of fused-ring (bicyclic) bond motifs is 2. The Labute approximate surface area is 128 Å². The van der Waals surface area contributed by atoms with E-state index in [1.165, 1.54) is 12.8 Å². The molecule has 110 valence electrons. The molecule has 2 heterocycles. The van der Waals surface area contributed by atoms with Crippen LogP contribution in [0.1, 0.15) is 43.8 Å². The SMILES string of the molecule is OC1CC2CCC(C1)N2CCC(O)c1cccc(Br)c1. The molecule has 3 atom stereocenters. The highest BCUT2D eigenvalue weighted by Gasteiger charge is 2.39. The molecule has 0 spiro atoms. The molecule has 3 nitrogen and oxygen atoms in total. The Kier molecular flexibility index (Phi) is 4.46. The molecule has 2 aliphatic rings. The summed E-state index contributed by atoms with van der Waals surface area (Å²) in [4.78, 5) is 2.51. The van der Waals surface area contributed by atoms with Crippen LogP contribution in [-0.2, 0) is 0 Å². The van der Waals surface area contributed by atoms with E-state index in [1.807, 2.05) is 24.3 Å². The lowest BCUT2D eigenvalue weighted by atomic mass is 9.98. The Hall–Kier alpha value is -0.420. The molecule has 1 aromatic carbocycles. The first-order valence-electron chi connectivity index (χ1n) is 7.51. The molecule has 3 unspecified atom stereocenters. The number of aliphatic hydroxyl groups is 2. The van der Waals surface area contributed by atoms with Gasteiger partial charge in [0, 0.05) is 23.1 Å². The number of benzene rings is 1. The zero-order valence-electron chi connectivity index (χ0n) is 11.6. The molecule has 2 saturated heterocycles. The number of aliphatic hydroxyl groups excluding tert-OH is 2. The summed E-state index contributed by atoms with van der Waals surface area (Å²) >= 11 is 3.44. The fraction of sp³-hybridized carbons (Fsp3) is 0.625. The van der Waals surface area contributed by atoms with Crippen molar-refractivity contribution in [2.45, 2.75) is 56.4 Å². The van der Waals surface area contributed by atoms with Gasteiger partial charge in [0.15, 0.2) is 0 Å². The van der Waals surface area contributed by atoms with E-state index >= 15 is 0 Å². The smallest absolute Gasteiger partial charge is 0.0802 e. The van der Waals surface area contributed by atoms with Crippen LogP contribution in [0.3, 0.4) is 0 Å². The lowest BCUT2D eigenvalue weighted by Gasteiger charge is -2.37. The molecular formula is C16H22BrNO2. The zero-order valence-corrected chi connectivity index (χ0v) is 13.2. The lowest BCUT2D eigenvalue weighted by molar-refractivity contribution is 0.0266. The van der Waals surface area contributed by atoms with E-state index in [2.05, 4.69) is 20.8 Å². The van der Waals surface area contributed by atoms with Gasteiger partial charge in [-0.3, -0.25) is 4.90 Å². The Morgan fingerprint density at radius 2 is 1.95 bits per heavy atom. The van der Waals surface area contributed by atoms with Crippen LogP contribution in [0.15, 0.2) is 28.7 Å². The van der Waals surface area contributed by atoms with Gasteiger partial charge in [-0.2, -0.15) is 0 Å². The van der Waals surface area contributed by atoms with E-state index in [-0.39, 0.29) is 6.10 Å². The van der Waals surface area contributed by atoms with E-state index in [0.717, 1.165) is 35.8 Å². The Bertz CT molecular complexity index is 454. The Morgan fingerprint density at radius 3 is 2.60 bits per heavy atom. The molecule has 1 aromatic rings. The van der Waals surface area contributed by atoms with Crippen molar-refractivity contribution in [3.63, 3.8) is 0 Å². The first kappa shape index (κ1) is 14.5. The summed E-state index contributed by atoms with van der Waals surface area (Å²) in [6, 6.07) is 8.95. The van der Waals surface area contributed by atoms with Gasteiger partial charge in [0.2, 0.25) is 0 Å². The molecule has 0 saturated carbocycles. The first-order valence-corrected chi connectivity index (χ1v) is 8.30. The molecule has 0 amide bonds. The van der Waals surface area contributed by atoms with E-state index in [4.69, 9.17) is 0 Å². The first-order chi connectivity index (χ1) is 9.63. The van der Waals surface area contributed by atoms with Gasteiger partial charge in [0.25, 0.3) is 0 Å². The van der Waals surface area contributed by atoms with Gasteiger partial charge in [0.1, 0.15) is 0 Å². The van der Waals surface area contributed by atoms with Gasteiger partial charge >= 0.3 is 0 Å². The third kappa shape index (κ3) is 3.08. The Morgan fingerprint density at radius 1 is 1.25 bits per heavy atom. The summed E-state index contributed by atoms with van der Waals surface area (Å²) in [7, 11) is 0. The van der Waals surface area contributed by atoms with Crippen molar-refractivity contribution in [2.24, 2.45) is 0 Å². The average Bonchev–Trinajstić information content (AvgIpc) is 2.66. The molecule has 4 heteroatoms. The molecule has 0 aliphatic carbocycles. The minimum Gasteiger partial charge on any atom is -0.393 e. The topological polar surface area (TPSA) is 43.7 Å². The van der Waals surface area contributed by atoms with E-state index in [0.29, 0.717) is 12.1 Å². The standard InChI is InChI=1S/C16H22BrNO2/c17-12-3-1-2-11(8-12)16(20)6-7-18-13-4-5-14(18)10-15(19)9-13/h1-3,8,13-16,19-20H,4-7,9-10H2. The maximum Gasteiger partial charge on any atom is 0.0802 e. The number of halogens is 1. The molecule has 2 aliphatic heterocycles. The van der Waals surface area contributed by atoms with Crippen LogP contribution in [0.4, 0.5) is 0 Å². The van der Waals surface area contributed by atoms with E-state index in [1.54, 1.807) is 0 Å². The number of piperidine rings is 1. The average molecular weight is 340 g/mol. The number of nitrogens with zero attached hydrogens (tertiary/aromatic N) is 1. The van der Waals surface area contributed by atoms with Crippen molar-refractivity contribution in [2.75, 3.05) is 6.54 Å². The quantitative estimate of drug-likeness (QED) is 0.886. The molecule has 2 N–H and O–H groups in total. The molecule has 2 fully saturated rings. The van der Waals surface area contributed by atoms with Crippen LogP contribution in [0.2, 0.25) is 0 Å². The van der Waals surface area contributed by atoms with Gasteiger partial charge in [0.05, 0.1) is 12.2 Å².